The summed E-state index contributed by atoms with van der Waals surface area (Å²) in [6.45, 7) is -0.0404. The van der Waals surface area contributed by atoms with Crippen molar-refractivity contribution in [3.8, 4) is 0 Å². The maximum Gasteiger partial charge on any atom is 0.296 e. The Kier molecular flexibility index (Phi) is 4.43. The number of hydrogen-bond acceptors (Lipinski definition) is 4. The van der Waals surface area contributed by atoms with Gasteiger partial charge in [-0.25, -0.2) is 4.39 Å². The molecule has 2 N–H and O–H groups in total. The van der Waals surface area contributed by atoms with Crippen LogP contribution in [-0.4, -0.2) is 26.7 Å². The zero-order valence-electron chi connectivity index (χ0n) is 16.2. The average Bonchev–Trinajstić information content (AvgIpc) is 3.49. The van der Waals surface area contributed by atoms with Crippen LogP contribution in [0.15, 0.2) is 83.1 Å². The number of furan rings is 1. The number of nitrogens with one attached hydrogen (secondary N) is 1. The Hall–Kier alpha value is -4.13. The SMILES string of the molecule is O=C1C(=O)N(Cc2ccco2)C(c2ccccc2F)/C1=C(\O)c1c[nH]c2ccccc12. The number of carbonyl (C=O) groups excluding carboxylic acids is 2. The van der Waals surface area contributed by atoms with Gasteiger partial charge in [0.25, 0.3) is 11.7 Å². The fraction of sp³-hybridized carbons (Fsp3) is 0.0833. The number of rotatable bonds is 4. The van der Waals surface area contributed by atoms with Gasteiger partial charge in [-0.15, -0.1) is 0 Å². The lowest BCUT2D eigenvalue weighted by atomic mass is 9.94. The Morgan fingerprint density at radius 3 is 2.61 bits per heavy atom. The number of aliphatic hydroxyl groups is 1. The number of para-hydroxylation sites is 1. The van der Waals surface area contributed by atoms with E-state index in [1.54, 1.807) is 36.5 Å². The molecule has 31 heavy (non-hydrogen) atoms. The molecule has 2 aromatic carbocycles. The van der Waals surface area contributed by atoms with E-state index in [1.165, 1.54) is 29.4 Å². The van der Waals surface area contributed by atoms with E-state index in [-0.39, 0.29) is 23.4 Å². The highest BCUT2D eigenvalue weighted by Gasteiger charge is 2.47. The quantitative estimate of drug-likeness (QED) is 0.291. The minimum absolute atomic E-state index is 0.0404. The van der Waals surface area contributed by atoms with Gasteiger partial charge in [-0.05, 0) is 24.3 Å². The van der Waals surface area contributed by atoms with Crippen LogP contribution in [0.5, 0.6) is 0 Å². The van der Waals surface area contributed by atoms with Gasteiger partial charge in [-0.3, -0.25) is 9.59 Å². The molecule has 4 aromatic rings. The van der Waals surface area contributed by atoms with Gasteiger partial charge in [0.1, 0.15) is 17.3 Å². The van der Waals surface area contributed by atoms with E-state index in [0.717, 1.165) is 5.52 Å². The summed E-state index contributed by atoms with van der Waals surface area (Å²) in [5, 5.41) is 11.9. The van der Waals surface area contributed by atoms with Crippen molar-refractivity contribution in [2.45, 2.75) is 12.6 Å². The van der Waals surface area contributed by atoms with Crippen molar-refractivity contribution in [2.75, 3.05) is 0 Å². The number of halogens is 1. The Morgan fingerprint density at radius 2 is 1.84 bits per heavy atom. The Morgan fingerprint density at radius 1 is 1.06 bits per heavy atom. The molecular formula is C24H17FN2O4. The van der Waals surface area contributed by atoms with E-state index in [2.05, 4.69) is 4.98 Å². The number of Topliss-reactive ketones (excluding diaryl/α,β-unsaturated/α-hetero) is 1. The van der Waals surface area contributed by atoms with E-state index in [0.29, 0.717) is 16.7 Å². The number of carbonyl (C=O) groups is 2. The maximum absolute atomic E-state index is 14.8. The van der Waals surface area contributed by atoms with Gasteiger partial charge in [0.2, 0.25) is 0 Å². The summed E-state index contributed by atoms with van der Waals surface area (Å²) < 4.78 is 20.1. The minimum Gasteiger partial charge on any atom is -0.507 e. The first-order valence-corrected chi connectivity index (χ1v) is 9.68. The number of likely N-dealkylation sites (tertiary alicyclic amines) is 1. The molecule has 1 unspecified atom stereocenters. The van der Waals surface area contributed by atoms with Gasteiger partial charge in [-0.2, -0.15) is 0 Å². The van der Waals surface area contributed by atoms with Gasteiger partial charge in [-0.1, -0.05) is 36.4 Å². The molecule has 0 spiro atoms. The van der Waals surface area contributed by atoms with Crippen molar-refractivity contribution in [2.24, 2.45) is 0 Å². The largest absolute Gasteiger partial charge is 0.507 e. The van der Waals surface area contributed by atoms with Gasteiger partial charge in [0.15, 0.2) is 0 Å². The monoisotopic (exact) mass is 416 g/mol. The number of H-pyrrole nitrogens is 1. The topological polar surface area (TPSA) is 86.5 Å². The van der Waals surface area contributed by atoms with Crippen LogP contribution in [0, 0.1) is 5.82 Å². The number of aromatic nitrogens is 1. The molecule has 0 bridgehead atoms. The highest BCUT2D eigenvalue weighted by atomic mass is 19.1. The van der Waals surface area contributed by atoms with Crippen LogP contribution in [-0.2, 0) is 16.1 Å². The van der Waals surface area contributed by atoms with Gasteiger partial charge in [0.05, 0.1) is 24.4 Å². The van der Waals surface area contributed by atoms with Crippen LogP contribution in [0.3, 0.4) is 0 Å². The van der Waals surface area contributed by atoms with Crippen LogP contribution < -0.4 is 0 Å². The van der Waals surface area contributed by atoms with Gasteiger partial charge < -0.3 is 19.4 Å². The first-order chi connectivity index (χ1) is 15.1. The van der Waals surface area contributed by atoms with E-state index in [9.17, 15) is 19.1 Å². The number of nitrogens with zero attached hydrogens (tertiary/aromatic N) is 1. The summed E-state index contributed by atoms with van der Waals surface area (Å²) in [7, 11) is 0. The van der Waals surface area contributed by atoms with Crippen molar-refractivity contribution in [3.63, 3.8) is 0 Å². The molecule has 1 amide bonds. The number of benzene rings is 2. The van der Waals surface area contributed by atoms with Crippen LogP contribution in [0.4, 0.5) is 4.39 Å². The number of amides is 1. The number of hydrogen-bond donors (Lipinski definition) is 2. The Labute approximate surface area is 176 Å². The lowest BCUT2D eigenvalue weighted by molar-refractivity contribution is -0.140. The minimum atomic E-state index is -1.10. The van der Waals surface area contributed by atoms with Crippen LogP contribution in [0.2, 0.25) is 0 Å². The molecule has 0 radical (unpaired) electrons. The normalized spacial score (nSPS) is 18.2. The fourth-order valence-corrected chi connectivity index (χ4v) is 4.05. The molecule has 3 heterocycles. The lowest BCUT2D eigenvalue weighted by Gasteiger charge is -2.24. The maximum atomic E-state index is 14.8. The zero-order chi connectivity index (χ0) is 21.5. The molecule has 154 valence electrons. The molecule has 1 saturated heterocycles. The third-order valence-electron chi connectivity index (χ3n) is 5.49. The summed E-state index contributed by atoms with van der Waals surface area (Å²) in [5.74, 6) is -2.20. The fourth-order valence-electron chi connectivity index (χ4n) is 4.05. The molecule has 2 aromatic heterocycles. The van der Waals surface area contributed by atoms with Crippen molar-refractivity contribution in [1.29, 1.82) is 0 Å². The molecule has 1 aliphatic rings. The van der Waals surface area contributed by atoms with Gasteiger partial charge >= 0.3 is 0 Å². The summed E-state index contributed by atoms with van der Waals surface area (Å²) in [6, 6.07) is 15.4. The lowest BCUT2D eigenvalue weighted by Crippen LogP contribution is -2.29. The first-order valence-electron chi connectivity index (χ1n) is 9.68. The number of fused-ring (bicyclic) bond motifs is 1. The standard InChI is InChI=1S/C24H17FN2O4/c25-18-9-3-1-8-16(18)21-20(22(28)17-12-26-19-10-4-2-7-15(17)19)23(29)24(30)27(21)13-14-6-5-11-31-14/h1-12,21,26,28H,13H2/b22-20+. The van der Waals surface area contributed by atoms with Crippen molar-refractivity contribution in [1.82, 2.24) is 9.88 Å². The molecule has 0 saturated carbocycles. The van der Waals surface area contributed by atoms with Crippen molar-refractivity contribution >= 4 is 28.4 Å². The van der Waals surface area contributed by atoms with Crippen molar-refractivity contribution in [3.05, 3.63) is 101 Å². The van der Waals surface area contributed by atoms with Crippen LogP contribution >= 0.6 is 0 Å². The molecule has 0 aliphatic carbocycles. The first kappa shape index (κ1) is 18.9. The Balaban J connectivity index is 1.72. The predicted molar refractivity (Wildman–Crippen MR) is 111 cm³/mol. The van der Waals surface area contributed by atoms with Gasteiger partial charge in [0, 0.05) is 28.2 Å². The predicted octanol–water partition coefficient (Wildman–Crippen LogP) is 4.52. The molecule has 6 nitrogen and oxygen atoms in total. The number of ketones is 1. The van der Waals surface area contributed by atoms with Crippen LogP contribution in [0.1, 0.15) is 22.9 Å². The Bertz CT molecular complexity index is 1340. The van der Waals surface area contributed by atoms with E-state index < -0.39 is 23.5 Å². The highest BCUT2D eigenvalue weighted by Crippen LogP contribution is 2.42. The second kappa shape index (κ2) is 7.28. The smallest absolute Gasteiger partial charge is 0.296 e. The molecule has 5 rings (SSSR count). The second-order valence-electron chi connectivity index (χ2n) is 7.28. The molecule has 7 heteroatoms. The second-order valence-corrected chi connectivity index (χ2v) is 7.28. The average molecular weight is 416 g/mol. The molecular weight excluding hydrogens is 399 g/mol. The number of aromatic amines is 1. The molecule has 1 aliphatic heterocycles. The van der Waals surface area contributed by atoms with E-state index in [1.807, 2.05) is 12.1 Å². The summed E-state index contributed by atoms with van der Waals surface area (Å²) in [6.07, 6.45) is 3.02. The van der Waals surface area contributed by atoms with Crippen LogP contribution in [0.25, 0.3) is 16.7 Å². The highest BCUT2D eigenvalue weighted by molar-refractivity contribution is 6.46. The third-order valence-corrected chi connectivity index (χ3v) is 5.49. The summed E-state index contributed by atoms with van der Waals surface area (Å²) in [5.41, 5.74) is 1.09. The zero-order valence-corrected chi connectivity index (χ0v) is 16.2. The van der Waals surface area contributed by atoms with Crippen molar-refractivity contribution < 1.29 is 23.5 Å². The summed E-state index contributed by atoms with van der Waals surface area (Å²) >= 11 is 0. The molecule has 1 atom stereocenters. The van der Waals surface area contributed by atoms with E-state index in [4.69, 9.17) is 4.42 Å². The third kappa shape index (κ3) is 3.02. The van der Waals surface area contributed by atoms with E-state index >= 15 is 0 Å². The number of aliphatic hydroxyl groups excluding tert-OH is 1. The summed E-state index contributed by atoms with van der Waals surface area (Å²) in [4.78, 5) is 30.2. The molecule has 1 fully saturated rings.